The average molecular weight is 607 g/mol. The van der Waals surface area contributed by atoms with Crippen molar-refractivity contribution in [3.8, 4) is 11.1 Å². The maximum Gasteiger partial charge on any atom is 0.252 e. The lowest BCUT2D eigenvalue weighted by Crippen LogP contribution is -2.46. The molecule has 226 valence electrons. The zero-order valence-electron chi connectivity index (χ0n) is 25.7. The number of rotatable bonds is 7. The summed E-state index contributed by atoms with van der Waals surface area (Å²) in [6.45, 7) is 12.3. The normalized spacial score (nSPS) is 16.8. The first kappa shape index (κ1) is 27.7. The second kappa shape index (κ2) is 10.7. The van der Waals surface area contributed by atoms with Crippen molar-refractivity contribution in [2.45, 2.75) is 46.2 Å². The fourth-order valence-corrected chi connectivity index (χ4v) is 8.69. The number of hydrogen-bond acceptors (Lipinski definition) is 6. The summed E-state index contributed by atoms with van der Waals surface area (Å²) in [5, 5.41) is 12.1. The van der Waals surface area contributed by atoms with Crippen molar-refractivity contribution in [3.63, 3.8) is 0 Å². The van der Waals surface area contributed by atoms with Gasteiger partial charge in [-0.15, -0.1) is 11.3 Å². The molecule has 0 bridgehead atoms. The van der Waals surface area contributed by atoms with Crippen LogP contribution in [0.2, 0.25) is 0 Å². The summed E-state index contributed by atoms with van der Waals surface area (Å²) in [5.74, 6) is 0.0544. The molecule has 44 heavy (non-hydrogen) atoms. The second-order valence-corrected chi connectivity index (χ2v) is 13.5. The summed E-state index contributed by atoms with van der Waals surface area (Å²) in [4.78, 5) is 33.1. The Morgan fingerprint density at radius 1 is 1.02 bits per heavy atom. The van der Waals surface area contributed by atoms with E-state index in [4.69, 9.17) is 5.10 Å². The van der Waals surface area contributed by atoms with E-state index in [1.54, 1.807) is 0 Å². The molecule has 3 aliphatic rings. The van der Waals surface area contributed by atoms with Crippen LogP contribution in [0.15, 0.2) is 35.8 Å². The molecule has 1 N–H and O–H groups in total. The number of fused-ring (bicyclic) bond motifs is 10. The molecule has 3 aromatic heterocycles. The molecule has 0 radical (unpaired) electrons. The molecule has 2 aliphatic heterocycles. The Morgan fingerprint density at radius 2 is 1.84 bits per heavy atom. The third kappa shape index (κ3) is 4.28. The number of hydrogen-bond donors (Lipinski definition) is 1. The van der Waals surface area contributed by atoms with Crippen LogP contribution in [0.25, 0.3) is 32.9 Å². The summed E-state index contributed by atoms with van der Waals surface area (Å²) in [6, 6.07) is 8.24. The highest BCUT2D eigenvalue weighted by Gasteiger charge is 2.35. The van der Waals surface area contributed by atoms with Crippen molar-refractivity contribution in [1.29, 1.82) is 0 Å². The standard InChI is InChI=1S/C35H38N6O2S/c1-4-39-13-15-40(16-14-39)11-5-12-41-28-9-6-22(33(42)34-21(2)10-17-44-34)18-24(28)30-25-19-36-35(43)31(25)29-23(32(30)41)7-8-27-26(29)20-38(3)37-27/h6,9-10,17-18,20H,4-5,7-8,11-16,19H2,1-3H3,(H,36,43). The van der Waals surface area contributed by atoms with Crippen molar-refractivity contribution in [2.24, 2.45) is 7.05 Å². The summed E-state index contributed by atoms with van der Waals surface area (Å²) in [6.07, 6.45) is 4.81. The van der Waals surface area contributed by atoms with Gasteiger partial charge in [0, 0.05) is 85.5 Å². The highest BCUT2D eigenvalue weighted by atomic mass is 32.1. The van der Waals surface area contributed by atoms with Crippen LogP contribution >= 0.6 is 11.3 Å². The molecule has 0 atom stereocenters. The van der Waals surface area contributed by atoms with Crippen LogP contribution in [0.4, 0.5) is 0 Å². The number of nitrogens with zero attached hydrogens (tertiary/aromatic N) is 5. The number of carbonyl (C=O) groups excluding carboxylic acids is 2. The highest BCUT2D eigenvalue weighted by Crippen LogP contribution is 2.47. The molecule has 1 saturated heterocycles. The number of thiophene rings is 1. The van der Waals surface area contributed by atoms with Crippen molar-refractivity contribution in [3.05, 3.63) is 74.2 Å². The van der Waals surface area contributed by atoms with Crippen LogP contribution in [-0.4, -0.2) is 75.1 Å². The van der Waals surface area contributed by atoms with Crippen molar-refractivity contribution in [1.82, 2.24) is 29.5 Å². The summed E-state index contributed by atoms with van der Waals surface area (Å²) < 4.78 is 4.38. The lowest BCUT2D eigenvalue weighted by atomic mass is 9.82. The van der Waals surface area contributed by atoms with E-state index < -0.39 is 0 Å². The predicted octanol–water partition coefficient (Wildman–Crippen LogP) is 5.17. The van der Waals surface area contributed by atoms with E-state index >= 15 is 0 Å². The molecular formula is C35H38N6O2S. The van der Waals surface area contributed by atoms with Gasteiger partial charge in [-0.25, -0.2) is 0 Å². The van der Waals surface area contributed by atoms with Crippen LogP contribution in [0, 0.1) is 6.92 Å². The van der Waals surface area contributed by atoms with Gasteiger partial charge in [0.15, 0.2) is 0 Å². The molecule has 2 aromatic carbocycles. The number of carbonyl (C=O) groups is 2. The first-order valence-electron chi connectivity index (χ1n) is 15.9. The predicted molar refractivity (Wildman–Crippen MR) is 176 cm³/mol. The first-order chi connectivity index (χ1) is 21.4. The van der Waals surface area contributed by atoms with Crippen LogP contribution in [0.5, 0.6) is 0 Å². The van der Waals surface area contributed by atoms with Crippen molar-refractivity contribution < 1.29 is 9.59 Å². The smallest absolute Gasteiger partial charge is 0.252 e. The summed E-state index contributed by atoms with van der Waals surface area (Å²) in [7, 11) is 1.96. The first-order valence-corrected chi connectivity index (χ1v) is 16.8. The Kier molecular flexibility index (Phi) is 6.73. The molecule has 0 spiro atoms. The number of nitrogens with one attached hydrogen (secondary N) is 1. The molecule has 1 amide bonds. The molecule has 5 heterocycles. The van der Waals surface area contributed by atoms with Gasteiger partial charge >= 0.3 is 0 Å². The van der Waals surface area contributed by atoms with Gasteiger partial charge in [-0.05, 0) is 85.6 Å². The molecule has 5 aromatic rings. The Balaban J connectivity index is 1.30. The Morgan fingerprint density at radius 3 is 2.61 bits per heavy atom. The Hall–Kier alpha value is -3.79. The van der Waals surface area contributed by atoms with Crippen LogP contribution in [0.3, 0.4) is 0 Å². The van der Waals surface area contributed by atoms with Gasteiger partial charge < -0.3 is 19.7 Å². The zero-order valence-corrected chi connectivity index (χ0v) is 26.5. The molecule has 1 fully saturated rings. The maximum absolute atomic E-state index is 13.7. The molecule has 0 unspecified atom stereocenters. The van der Waals surface area contributed by atoms with E-state index in [0.29, 0.717) is 12.1 Å². The number of amides is 1. The zero-order chi connectivity index (χ0) is 30.1. The maximum atomic E-state index is 13.7. The molecule has 8 rings (SSSR count). The number of piperazine rings is 1. The van der Waals surface area contributed by atoms with Gasteiger partial charge in [-0.3, -0.25) is 14.3 Å². The minimum Gasteiger partial charge on any atom is -0.348 e. The van der Waals surface area contributed by atoms with E-state index in [1.807, 2.05) is 36.2 Å². The van der Waals surface area contributed by atoms with Gasteiger partial charge in [-0.2, -0.15) is 5.10 Å². The number of aromatic nitrogens is 3. The van der Waals surface area contributed by atoms with Gasteiger partial charge in [0.25, 0.3) is 5.91 Å². The Labute approximate surface area is 261 Å². The lowest BCUT2D eigenvalue weighted by Gasteiger charge is -2.34. The number of aryl methyl sites for hydroxylation is 5. The summed E-state index contributed by atoms with van der Waals surface area (Å²) >= 11 is 1.50. The fraction of sp³-hybridized carbons (Fsp3) is 0.400. The molecule has 9 heteroatoms. The highest BCUT2D eigenvalue weighted by molar-refractivity contribution is 7.12. The minimum atomic E-state index is -0.0107. The molecule has 0 saturated carbocycles. The third-order valence-electron chi connectivity index (χ3n) is 10.0. The van der Waals surface area contributed by atoms with E-state index in [2.05, 4.69) is 44.9 Å². The number of ketones is 1. The molecular weight excluding hydrogens is 568 g/mol. The SMILES string of the molecule is CCN1CCN(CCCn2c3ccc(C(=O)c4sccc4C)cc3c3c4c(c5c(c32)CCc2nn(C)cc2-5)C(=O)NC4)CC1. The summed E-state index contributed by atoms with van der Waals surface area (Å²) in [5.41, 5.74) is 10.4. The fourth-order valence-electron chi connectivity index (χ4n) is 7.81. The van der Waals surface area contributed by atoms with Gasteiger partial charge in [-0.1, -0.05) is 6.92 Å². The lowest BCUT2D eigenvalue weighted by molar-refractivity contribution is 0.0965. The molecule has 8 nitrogen and oxygen atoms in total. The van der Waals surface area contributed by atoms with Gasteiger partial charge in [0.2, 0.25) is 5.78 Å². The quantitative estimate of drug-likeness (QED) is 0.259. The van der Waals surface area contributed by atoms with Crippen LogP contribution < -0.4 is 5.32 Å². The van der Waals surface area contributed by atoms with Gasteiger partial charge in [0.1, 0.15) is 0 Å². The molecule has 1 aliphatic carbocycles. The van der Waals surface area contributed by atoms with Crippen LogP contribution in [-0.2, 0) is 33.0 Å². The van der Waals surface area contributed by atoms with E-state index in [-0.39, 0.29) is 11.7 Å². The van der Waals surface area contributed by atoms with Crippen LogP contribution in [0.1, 0.15) is 61.3 Å². The topological polar surface area (TPSA) is 75.4 Å². The number of benzene rings is 2. The van der Waals surface area contributed by atoms with E-state index in [9.17, 15) is 9.59 Å². The second-order valence-electron chi connectivity index (χ2n) is 12.6. The third-order valence-corrected chi connectivity index (χ3v) is 11.1. The minimum absolute atomic E-state index is 0.0107. The number of likely N-dealkylation sites (N-methyl/N-ethyl adjacent to an activating group) is 1. The van der Waals surface area contributed by atoms with E-state index in [0.717, 1.165) is 120 Å². The largest absolute Gasteiger partial charge is 0.348 e. The van der Waals surface area contributed by atoms with Gasteiger partial charge in [0.05, 0.1) is 21.7 Å². The van der Waals surface area contributed by atoms with Crippen molar-refractivity contribution >= 4 is 44.8 Å². The average Bonchev–Trinajstić information content (AvgIpc) is 3.81. The monoisotopic (exact) mass is 606 g/mol. The van der Waals surface area contributed by atoms with Crippen molar-refractivity contribution in [2.75, 3.05) is 39.3 Å². The van der Waals surface area contributed by atoms with E-state index in [1.165, 1.54) is 22.4 Å². The Bertz CT molecular complexity index is 1970.